The van der Waals surface area contributed by atoms with Crippen molar-refractivity contribution in [3.05, 3.63) is 173 Å². The molecule has 10 nitrogen and oxygen atoms in total. The molecule has 5 aromatic carbocycles. The largest absolute Gasteiger partial charge is 0.744 e. The Kier molecular flexibility index (Phi) is 14.2. The molecule has 0 amide bonds. The van der Waals surface area contributed by atoms with Crippen molar-refractivity contribution in [2.75, 3.05) is 29.9 Å². The van der Waals surface area contributed by atoms with Gasteiger partial charge in [0, 0.05) is 52.8 Å². The maximum absolute atomic E-state index is 11.7. The topological polar surface area (TPSA) is 126 Å². The highest BCUT2D eigenvalue weighted by Crippen LogP contribution is 2.33. The quantitative estimate of drug-likeness (QED) is 0.0321. The number of ether oxygens (including phenoxy) is 1. The number of anilines is 3. The molecule has 1 aliphatic carbocycles. The van der Waals surface area contributed by atoms with Gasteiger partial charge in [-0.3, -0.25) is 5.04 Å². The minimum absolute atomic E-state index is 0.231. The summed E-state index contributed by atoms with van der Waals surface area (Å²) in [6.45, 7) is 9.30. The zero-order valence-corrected chi connectivity index (χ0v) is 33.6. The summed E-state index contributed by atoms with van der Waals surface area (Å²) in [4.78, 5) is 2.81. The molecule has 1 aliphatic rings. The second-order valence-electron chi connectivity index (χ2n) is 13.1. The zero-order valence-electron chi connectivity index (χ0n) is 32.0. The molecule has 0 aromatic heterocycles. The first-order chi connectivity index (χ1) is 27.7. The zero-order chi connectivity index (χ0) is 40.2. The second-order valence-corrected chi connectivity index (χ2v) is 15.3. The second kappa shape index (κ2) is 19.6. The average Bonchev–Trinajstić information content (AvgIpc) is 3.23. The van der Waals surface area contributed by atoms with Crippen LogP contribution in [0.4, 0.5) is 17.1 Å². The maximum atomic E-state index is 11.7. The van der Waals surface area contributed by atoms with Crippen molar-refractivity contribution in [3.63, 3.8) is 0 Å². The number of allylic oxidation sites excluding steroid dienone is 5. The van der Waals surface area contributed by atoms with E-state index in [9.17, 15) is 18.2 Å². The van der Waals surface area contributed by atoms with E-state index in [0.717, 1.165) is 85.4 Å². The lowest BCUT2D eigenvalue weighted by Gasteiger charge is -2.24. The molecular formula is C45H44N3O7S2-. The first kappa shape index (κ1) is 41.2. The summed E-state index contributed by atoms with van der Waals surface area (Å²) in [6, 6.07) is 38.8. The van der Waals surface area contributed by atoms with Crippen molar-refractivity contribution < 1.29 is 36.9 Å². The monoisotopic (exact) mass is 802 g/mol. The van der Waals surface area contributed by atoms with Gasteiger partial charge in [0.2, 0.25) is 0 Å². The predicted octanol–water partition coefficient (Wildman–Crippen LogP) is 8.59. The highest BCUT2D eigenvalue weighted by molar-refractivity contribution is 7.94. The standard InChI is InChI=1S/C45H45N3O7S2/c1-4-47(31-33-9-7-11-43(29-33)56-55-54-49)40-23-15-36(16-24-40)45(35-13-19-38(20-14-35)46-39-21-27-42(28-22-39)53-6-3)37-17-25-41(26-18-37)48(5-2)32-34-10-8-12-44(30-34)57(50,51)52/h7-30H,4-6,31-32H2,1-3H3,(H2,49,50,51,52)/p-1. The Labute approximate surface area is 338 Å². The van der Waals surface area contributed by atoms with E-state index in [0.29, 0.717) is 26.2 Å². The van der Waals surface area contributed by atoms with Crippen LogP contribution < -0.4 is 20.2 Å². The van der Waals surface area contributed by atoms with Crippen molar-refractivity contribution in [1.29, 1.82) is 0 Å². The van der Waals surface area contributed by atoms with Crippen LogP contribution in [-0.4, -0.2) is 43.0 Å². The summed E-state index contributed by atoms with van der Waals surface area (Å²) < 4.78 is 47.2. The lowest BCUT2D eigenvalue weighted by molar-refractivity contribution is -0.777. The summed E-state index contributed by atoms with van der Waals surface area (Å²) in [5.41, 5.74) is 9.92. The van der Waals surface area contributed by atoms with Crippen molar-refractivity contribution in [3.8, 4) is 5.75 Å². The van der Waals surface area contributed by atoms with E-state index in [1.807, 2.05) is 68.4 Å². The minimum Gasteiger partial charge on any atom is -0.744 e. The van der Waals surface area contributed by atoms with Crippen LogP contribution in [0.2, 0.25) is 0 Å². The Morgan fingerprint density at radius 1 is 0.772 bits per heavy atom. The van der Waals surface area contributed by atoms with Crippen LogP contribution in [0.5, 0.6) is 5.75 Å². The van der Waals surface area contributed by atoms with Crippen LogP contribution in [-0.2, 0) is 32.6 Å². The molecule has 0 saturated carbocycles. The third-order valence-electron chi connectivity index (χ3n) is 9.42. The predicted molar refractivity (Wildman–Crippen MR) is 223 cm³/mol. The van der Waals surface area contributed by atoms with Gasteiger partial charge in [-0.2, -0.15) is 4.33 Å². The third-order valence-corrected chi connectivity index (χ3v) is 10.8. The normalized spacial score (nSPS) is 12.4. The first-order valence-corrected chi connectivity index (χ1v) is 20.8. The molecule has 294 valence electrons. The van der Waals surface area contributed by atoms with E-state index in [4.69, 9.17) is 4.74 Å². The molecule has 0 fully saturated rings. The van der Waals surface area contributed by atoms with Gasteiger partial charge in [0.25, 0.3) is 0 Å². The Morgan fingerprint density at radius 2 is 1.40 bits per heavy atom. The van der Waals surface area contributed by atoms with Crippen molar-refractivity contribution in [1.82, 2.24) is 0 Å². The molecule has 0 radical (unpaired) electrons. The maximum Gasteiger partial charge on any atom is 0.200 e. The molecule has 1 N–H and O–H groups in total. The van der Waals surface area contributed by atoms with Crippen molar-refractivity contribution in [2.45, 2.75) is 43.7 Å². The van der Waals surface area contributed by atoms with E-state index in [-0.39, 0.29) is 4.90 Å². The van der Waals surface area contributed by atoms with E-state index >= 15 is 0 Å². The van der Waals surface area contributed by atoms with Gasteiger partial charge in [-0.1, -0.05) is 48.5 Å². The lowest BCUT2D eigenvalue weighted by Crippen LogP contribution is -2.21. The molecule has 0 bridgehead atoms. The number of nitrogens with one attached hydrogen (secondary N) is 1. The van der Waals surface area contributed by atoms with Gasteiger partial charge < -0.3 is 24.8 Å². The van der Waals surface area contributed by atoms with E-state index < -0.39 is 10.1 Å². The number of benzene rings is 5. The Morgan fingerprint density at radius 3 is 2.02 bits per heavy atom. The van der Waals surface area contributed by atoms with Crippen LogP contribution in [0.15, 0.2) is 161 Å². The van der Waals surface area contributed by atoms with Gasteiger partial charge in [-0.15, -0.1) is 0 Å². The Bertz CT molecular complexity index is 2360. The molecule has 12 heteroatoms. The van der Waals surface area contributed by atoms with Crippen LogP contribution >= 0.6 is 12.0 Å². The average molecular weight is 803 g/mol. The molecule has 57 heavy (non-hydrogen) atoms. The third kappa shape index (κ3) is 11.1. The molecule has 0 atom stereocenters. The number of hydrogen-bond donors (Lipinski definition) is 1. The summed E-state index contributed by atoms with van der Waals surface area (Å²) in [5.74, 6) is 0.828. The van der Waals surface area contributed by atoms with Crippen molar-refractivity contribution >= 4 is 50.5 Å². The molecule has 0 unspecified atom stereocenters. The molecule has 0 heterocycles. The highest BCUT2D eigenvalue weighted by Gasteiger charge is 2.17. The SMILES string of the molecule is CCOc1ccc(Nc2ccc(C(=C3C=CC(=[N+](CC)Cc4cccc(S(=O)(=O)[O-])c4)C=C3)c3ccc(N(CC)Cc4cccc(SOO[O-])c4)cc3)cc2)cc1. The number of rotatable bonds is 17. The van der Waals surface area contributed by atoms with Crippen LogP contribution in [0.25, 0.3) is 5.57 Å². The molecule has 6 rings (SSSR count). The number of hydrogen-bond acceptors (Lipinski definition) is 10. The summed E-state index contributed by atoms with van der Waals surface area (Å²) >= 11 is 0.876. The molecule has 0 spiro atoms. The van der Waals surface area contributed by atoms with Gasteiger partial charge in [0.05, 0.1) is 23.5 Å². The summed E-state index contributed by atoms with van der Waals surface area (Å²) in [6.07, 6.45) is 8.36. The van der Waals surface area contributed by atoms with Gasteiger partial charge in [-0.05, 0) is 134 Å². The van der Waals surface area contributed by atoms with Crippen LogP contribution in [0.1, 0.15) is 43.0 Å². The van der Waals surface area contributed by atoms with Gasteiger partial charge >= 0.3 is 0 Å². The van der Waals surface area contributed by atoms with Gasteiger partial charge in [0.15, 0.2) is 12.3 Å². The van der Waals surface area contributed by atoms with Crippen LogP contribution in [0.3, 0.4) is 0 Å². The van der Waals surface area contributed by atoms with E-state index in [2.05, 4.69) is 104 Å². The minimum atomic E-state index is -4.55. The Hall–Kier alpha value is -5.47. The molecule has 0 saturated heterocycles. The van der Waals surface area contributed by atoms with E-state index in [1.54, 1.807) is 6.07 Å². The summed E-state index contributed by atoms with van der Waals surface area (Å²) in [7, 11) is -4.55. The molecular weight excluding hydrogens is 759 g/mol. The smallest absolute Gasteiger partial charge is 0.200 e. The Balaban J connectivity index is 1.31. The highest BCUT2D eigenvalue weighted by atomic mass is 32.2. The first-order valence-electron chi connectivity index (χ1n) is 18.6. The van der Waals surface area contributed by atoms with Gasteiger partial charge in [0.1, 0.15) is 22.4 Å². The fourth-order valence-corrected chi connectivity index (χ4v) is 7.61. The molecule has 5 aromatic rings. The number of nitrogens with zero attached hydrogens (tertiary/aromatic N) is 2. The van der Waals surface area contributed by atoms with Gasteiger partial charge in [-0.25, -0.2) is 13.0 Å². The van der Waals surface area contributed by atoms with Crippen molar-refractivity contribution in [2.24, 2.45) is 0 Å². The van der Waals surface area contributed by atoms with Crippen LogP contribution in [0, 0.1) is 0 Å². The summed E-state index contributed by atoms with van der Waals surface area (Å²) in [5, 5.41) is 17.3. The fraction of sp³-hybridized carbons (Fsp3) is 0.178. The molecule has 0 aliphatic heterocycles. The fourth-order valence-electron chi connectivity index (χ4n) is 6.63. The lowest BCUT2D eigenvalue weighted by atomic mass is 9.90. The van der Waals surface area contributed by atoms with E-state index in [1.165, 1.54) is 12.1 Å².